The van der Waals surface area contributed by atoms with E-state index in [0.717, 1.165) is 116 Å². The van der Waals surface area contributed by atoms with Crippen molar-refractivity contribution in [3.63, 3.8) is 0 Å². The van der Waals surface area contributed by atoms with Crippen LogP contribution in [-0.2, 0) is 12.8 Å². The Kier molecular flexibility index (Phi) is 6.36. The van der Waals surface area contributed by atoms with Gasteiger partial charge in [-0.3, -0.25) is 0 Å². The normalized spacial score (nSPS) is 18.6. The van der Waals surface area contributed by atoms with Crippen molar-refractivity contribution in [2.45, 2.75) is 51.9 Å². The average Bonchev–Trinajstić information content (AvgIpc) is 3.83. The van der Waals surface area contributed by atoms with Gasteiger partial charge in [-0.1, -0.05) is 49.4 Å². The van der Waals surface area contributed by atoms with Crippen LogP contribution in [0.15, 0.2) is 104 Å². The second-order valence-corrected chi connectivity index (χ2v) is 14.1. The summed E-state index contributed by atoms with van der Waals surface area (Å²) in [6.07, 6.45) is 21.9. The summed E-state index contributed by atoms with van der Waals surface area (Å²) < 4.78 is 15.5. The molecule has 4 aliphatic carbocycles. The van der Waals surface area contributed by atoms with Gasteiger partial charge in [0, 0.05) is 44.8 Å². The minimum Gasteiger partial charge on any atom is -0.456 e. The molecule has 0 radical (unpaired) electrons. The maximum atomic E-state index is 10.6. The number of hydrogen-bond donors (Lipinski definition) is 0. The summed E-state index contributed by atoms with van der Waals surface area (Å²) in [4.78, 5) is 0. The van der Waals surface area contributed by atoms with Crippen LogP contribution in [0.4, 0.5) is 0 Å². The fourth-order valence-electron chi connectivity index (χ4n) is 8.71. The minimum absolute atomic E-state index is 0.231. The molecule has 0 spiro atoms. The predicted octanol–water partition coefficient (Wildman–Crippen LogP) is 11.6. The van der Waals surface area contributed by atoms with E-state index in [0.29, 0.717) is 12.0 Å². The van der Waals surface area contributed by atoms with Crippen molar-refractivity contribution >= 4 is 67.2 Å². The first-order valence-electron chi connectivity index (χ1n) is 17.7. The van der Waals surface area contributed by atoms with Crippen LogP contribution in [0.25, 0.3) is 67.2 Å². The van der Waals surface area contributed by atoms with Gasteiger partial charge in [0.2, 0.25) is 0 Å². The van der Waals surface area contributed by atoms with Crippen LogP contribution in [0.1, 0.15) is 72.7 Å². The summed E-state index contributed by atoms with van der Waals surface area (Å²) in [6, 6.07) is 21.8. The lowest BCUT2D eigenvalue weighted by atomic mass is 9.82. The summed E-state index contributed by atoms with van der Waals surface area (Å²) in [6.45, 7) is 2.20. The lowest BCUT2D eigenvalue weighted by Gasteiger charge is -2.28. The molecule has 3 aromatic heterocycles. The van der Waals surface area contributed by atoms with Crippen molar-refractivity contribution in [1.82, 2.24) is 4.57 Å². The van der Waals surface area contributed by atoms with Gasteiger partial charge in [-0.05, 0) is 115 Å². The van der Waals surface area contributed by atoms with Crippen molar-refractivity contribution in [2.24, 2.45) is 5.92 Å². The topological polar surface area (TPSA) is 78.8 Å². The second-order valence-electron chi connectivity index (χ2n) is 14.1. The largest absolute Gasteiger partial charge is 0.456 e. The van der Waals surface area contributed by atoms with E-state index < -0.39 is 0 Å². The van der Waals surface area contributed by atoms with E-state index in [1.54, 1.807) is 0 Å². The van der Waals surface area contributed by atoms with Crippen molar-refractivity contribution in [3.05, 3.63) is 129 Å². The van der Waals surface area contributed by atoms with Gasteiger partial charge in [-0.25, -0.2) is 0 Å². The minimum atomic E-state index is 0.231. The van der Waals surface area contributed by atoms with Crippen LogP contribution in [0.5, 0.6) is 0 Å². The van der Waals surface area contributed by atoms with Crippen LogP contribution in [0.3, 0.4) is 0 Å². The molecule has 0 bridgehead atoms. The number of fused-ring (bicyclic) bond motifs is 10. The third-order valence-electron chi connectivity index (χ3n) is 11.0. The lowest BCUT2D eigenvalue weighted by molar-refractivity contribution is 0.538. The molecule has 240 valence electrons. The number of nitriles is 2. The zero-order valence-electron chi connectivity index (χ0n) is 27.8. The number of allylic oxidation sites excluding steroid dienone is 10. The number of aromatic nitrogens is 1. The molecule has 5 nitrogen and oxygen atoms in total. The number of benzene rings is 3. The van der Waals surface area contributed by atoms with Gasteiger partial charge in [0.05, 0.1) is 34.5 Å². The Labute approximate surface area is 289 Å². The van der Waals surface area contributed by atoms with E-state index >= 15 is 0 Å². The Morgan fingerprint density at radius 1 is 0.780 bits per heavy atom. The quantitative estimate of drug-likeness (QED) is 0.191. The van der Waals surface area contributed by atoms with Crippen molar-refractivity contribution in [2.75, 3.05) is 0 Å². The SMILES string of the molecule is CC1C=C(C2=Cc3c(oc4c3ccc3c5cc(C6=CC=CCC6)ccc5oc34)CC2)C(n2c3c(c4cc(C#N)ccc42)C=CCC3)=C(C#N)C1. The first-order valence-corrected chi connectivity index (χ1v) is 17.7. The number of aryl methyl sites for hydroxylation is 1. The zero-order valence-corrected chi connectivity index (χ0v) is 27.8. The summed E-state index contributed by atoms with van der Waals surface area (Å²) in [5.74, 6) is 1.21. The van der Waals surface area contributed by atoms with E-state index in [9.17, 15) is 10.5 Å². The number of nitrogens with zero attached hydrogens (tertiary/aromatic N) is 3. The van der Waals surface area contributed by atoms with Crippen LogP contribution in [-0.4, -0.2) is 4.57 Å². The molecule has 10 rings (SSSR count). The third-order valence-corrected chi connectivity index (χ3v) is 11.0. The average molecular weight is 648 g/mol. The highest BCUT2D eigenvalue weighted by Gasteiger charge is 2.31. The Balaban J connectivity index is 1.13. The molecule has 6 aromatic rings. The highest BCUT2D eigenvalue weighted by molar-refractivity contribution is 6.15. The van der Waals surface area contributed by atoms with Crippen LogP contribution < -0.4 is 0 Å². The highest BCUT2D eigenvalue weighted by Crippen LogP contribution is 2.47. The molecule has 4 aliphatic rings. The number of rotatable bonds is 3. The molecule has 1 unspecified atom stereocenters. The molecule has 50 heavy (non-hydrogen) atoms. The smallest absolute Gasteiger partial charge is 0.178 e. The standard InChI is InChI=1S/C45H33N3O2/c1-26-19-31(25-47)43(48-39-10-6-5-9-32(39)36-21-27(24-46)11-16-40(36)48)35(20-26)30-13-18-42-38(23-30)34-15-14-33-37-22-29(28-7-3-2-4-8-28)12-17-41(37)49-44(33)45(34)50-42/h2-3,5,7,9,11-12,14-17,20-23,26H,4,6,8,10,13,18-19H2,1H3. The fourth-order valence-corrected chi connectivity index (χ4v) is 8.71. The van der Waals surface area contributed by atoms with E-state index in [1.165, 1.54) is 22.4 Å². The van der Waals surface area contributed by atoms with Crippen LogP contribution >= 0.6 is 0 Å². The molecule has 3 heterocycles. The Morgan fingerprint density at radius 3 is 2.52 bits per heavy atom. The van der Waals surface area contributed by atoms with Gasteiger partial charge < -0.3 is 13.4 Å². The van der Waals surface area contributed by atoms with Gasteiger partial charge in [-0.2, -0.15) is 10.5 Å². The maximum absolute atomic E-state index is 10.6. The first kappa shape index (κ1) is 28.9. The monoisotopic (exact) mass is 647 g/mol. The lowest BCUT2D eigenvalue weighted by Crippen LogP contribution is -2.16. The molecule has 0 aliphatic heterocycles. The zero-order chi connectivity index (χ0) is 33.5. The molecule has 3 aromatic carbocycles. The third kappa shape index (κ3) is 4.23. The first-order chi connectivity index (χ1) is 24.6. The molecule has 0 amide bonds. The molecule has 0 saturated heterocycles. The Hall–Kier alpha value is -6.04. The van der Waals surface area contributed by atoms with Crippen molar-refractivity contribution < 1.29 is 8.83 Å². The van der Waals surface area contributed by atoms with Gasteiger partial charge >= 0.3 is 0 Å². The maximum Gasteiger partial charge on any atom is 0.178 e. The molecule has 1 atom stereocenters. The summed E-state index contributed by atoms with van der Waals surface area (Å²) in [5, 5.41) is 24.6. The highest BCUT2D eigenvalue weighted by atomic mass is 16.4. The van der Waals surface area contributed by atoms with E-state index in [1.807, 2.05) is 12.1 Å². The van der Waals surface area contributed by atoms with Gasteiger partial charge in [0.25, 0.3) is 0 Å². The molecular weight excluding hydrogens is 615 g/mol. The Bertz CT molecular complexity index is 2770. The van der Waals surface area contributed by atoms with Gasteiger partial charge in [-0.15, -0.1) is 0 Å². The van der Waals surface area contributed by atoms with E-state index in [2.05, 4.69) is 103 Å². The van der Waals surface area contributed by atoms with Crippen LogP contribution in [0, 0.1) is 28.6 Å². The van der Waals surface area contributed by atoms with E-state index in [-0.39, 0.29) is 5.92 Å². The second kappa shape index (κ2) is 11.0. The van der Waals surface area contributed by atoms with Gasteiger partial charge in [0.15, 0.2) is 11.2 Å². The summed E-state index contributed by atoms with van der Waals surface area (Å²) in [7, 11) is 0. The predicted molar refractivity (Wildman–Crippen MR) is 201 cm³/mol. The summed E-state index contributed by atoms with van der Waals surface area (Å²) in [5.41, 5.74) is 14.3. The molecule has 0 saturated carbocycles. The van der Waals surface area contributed by atoms with E-state index in [4.69, 9.17) is 8.83 Å². The van der Waals surface area contributed by atoms with Crippen molar-refractivity contribution in [1.29, 1.82) is 10.5 Å². The van der Waals surface area contributed by atoms with Crippen molar-refractivity contribution in [3.8, 4) is 12.1 Å². The Morgan fingerprint density at radius 2 is 1.66 bits per heavy atom. The molecule has 0 fully saturated rings. The summed E-state index contributed by atoms with van der Waals surface area (Å²) >= 11 is 0. The van der Waals surface area contributed by atoms with Crippen LogP contribution in [0.2, 0.25) is 0 Å². The number of furan rings is 2. The molecule has 5 heteroatoms. The number of hydrogen-bond acceptors (Lipinski definition) is 4. The fraction of sp³-hybridized carbons (Fsp3) is 0.200. The van der Waals surface area contributed by atoms with Gasteiger partial charge in [0.1, 0.15) is 11.3 Å². The molecule has 0 N–H and O–H groups in total. The molecular formula is C45H33N3O2.